The van der Waals surface area contributed by atoms with E-state index in [0.717, 1.165) is 61.5 Å². The smallest absolute Gasteiger partial charge is 0.225 e. The molecule has 1 N–H and O–H groups in total. The highest BCUT2D eigenvalue weighted by atomic mass is 16.1. The molecule has 2 aliphatic rings. The number of aromatic nitrogens is 3. The number of hydrogen-bond acceptors (Lipinski definition) is 5. The lowest BCUT2D eigenvalue weighted by molar-refractivity contribution is -0.125. The van der Waals surface area contributed by atoms with Crippen molar-refractivity contribution >= 4 is 11.9 Å². The average Bonchev–Trinajstić information content (AvgIpc) is 3.23. The lowest BCUT2D eigenvalue weighted by Crippen LogP contribution is -2.35. The summed E-state index contributed by atoms with van der Waals surface area (Å²) in [7, 11) is 0. The zero-order valence-corrected chi connectivity index (χ0v) is 15.0. The van der Waals surface area contributed by atoms with Crippen LogP contribution in [0.5, 0.6) is 0 Å². The normalized spacial score (nSPS) is 19.2. The highest BCUT2D eigenvalue weighted by Gasteiger charge is 2.26. The van der Waals surface area contributed by atoms with Gasteiger partial charge < -0.3 is 10.2 Å². The van der Waals surface area contributed by atoms with Crippen molar-refractivity contribution in [3.05, 3.63) is 47.5 Å². The monoisotopic (exact) mass is 351 g/mol. The number of amides is 1. The van der Waals surface area contributed by atoms with E-state index in [2.05, 4.69) is 20.2 Å². The molecule has 2 aromatic heterocycles. The number of pyridine rings is 1. The summed E-state index contributed by atoms with van der Waals surface area (Å²) >= 11 is 0. The largest absolute Gasteiger partial charge is 0.356 e. The summed E-state index contributed by atoms with van der Waals surface area (Å²) in [5.74, 6) is 1.03. The molecule has 1 amide bonds. The third-order valence-electron chi connectivity index (χ3n) is 5.33. The third-order valence-corrected chi connectivity index (χ3v) is 5.33. The van der Waals surface area contributed by atoms with Crippen LogP contribution in [0.3, 0.4) is 0 Å². The maximum Gasteiger partial charge on any atom is 0.225 e. The maximum atomic E-state index is 12.5. The molecule has 1 atom stereocenters. The number of nitrogens with one attached hydrogen (secondary N) is 1. The van der Waals surface area contributed by atoms with Crippen molar-refractivity contribution in [2.45, 2.75) is 38.5 Å². The van der Waals surface area contributed by atoms with Gasteiger partial charge in [-0.05, 0) is 55.7 Å². The SMILES string of the molecule is O=C(NCCc1cccnc1)[C@H]1CCc2nc(N3CCCC3)ncc2C1. The van der Waals surface area contributed by atoms with Crippen LogP contribution in [0.15, 0.2) is 30.7 Å². The second kappa shape index (κ2) is 7.81. The molecule has 1 fully saturated rings. The molecule has 1 aliphatic heterocycles. The van der Waals surface area contributed by atoms with Crippen LogP contribution >= 0.6 is 0 Å². The predicted molar refractivity (Wildman–Crippen MR) is 99.9 cm³/mol. The zero-order valence-electron chi connectivity index (χ0n) is 15.0. The molecule has 0 bridgehead atoms. The van der Waals surface area contributed by atoms with Crippen LogP contribution in [-0.4, -0.2) is 40.5 Å². The molecule has 0 saturated carbocycles. The third kappa shape index (κ3) is 3.84. The Kier molecular flexibility index (Phi) is 5.09. The average molecular weight is 351 g/mol. The number of hydrogen-bond donors (Lipinski definition) is 1. The molecule has 0 radical (unpaired) electrons. The van der Waals surface area contributed by atoms with E-state index < -0.39 is 0 Å². The van der Waals surface area contributed by atoms with Crippen molar-refractivity contribution in [1.29, 1.82) is 0 Å². The minimum Gasteiger partial charge on any atom is -0.356 e. The quantitative estimate of drug-likeness (QED) is 0.891. The Balaban J connectivity index is 1.32. The van der Waals surface area contributed by atoms with Gasteiger partial charge in [0.2, 0.25) is 11.9 Å². The number of aryl methyl sites for hydroxylation is 1. The summed E-state index contributed by atoms with van der Waals surface area (Å²) in [5, 5.41) is 3.07. The number of nitrogens with zero attached hydrogens (tertiary/aromatic N) is 4. The number of fused-ring (bicyclic) bond motifs is 1. The van der Waals surface area contributed by atoms with Gasteiger partial charge in [-0.2, -0.15) is 0 Å². The molecule has 6 heteroatoms. The maximum absolute atomic E-state index is 12.5. The molecule has 136 valence electrons. The van der Waals surface area contributed by atoms with Crippen LogP contribution in [0.1, 0.15) is 36.1 Å². The van der Waals surface area contributed by atoms with Gasteiger partial charge in [0.15, 0.2) is 0 Å². The van der Waals surface area contributed by atoms with E-state index >= 15 is 0 Å². The molecular weight excluding hydrogens is 326 g/mol. The van der Waals surface area contributed by atoms with Gasteiger partial charge in [0.1, 0.15) is 0 Å². The Bertz CT molecular complexity index is 758. The summed E-state index contributed by atoms with van der Waals surface area (Å²) in [6.45, 7) is 2.76. The van der Waals surface area contributed by atoms with Gasteiger partial charge in [0.05, 0.1) is 0 Å². The van der Waals surface area contributed by atoms with Crippen LogP contribution in [0.4, 0.5) is 5.95 Å². The molecule has 1 aliphatic carbocycles. The van der Waals surface area contributed by atoms with Crippen molar-refractivity contribution in [2.75, 3.05) is 24.5 Å². The predicted octanol–water partition coefficient (Wildman–Crippen LogP) is 1.94. The number of carbonyl (C=O) groups excluding carboxylic acids is 1. The molecule has 3 heterocycles. The first-order chi connectivity index (χ1) is 12.8. The minimum atomic E-state index is 0.0256. The van der Waals surface area contributed by atoms with Gasteiger partial charge in [0, 0.05) is 49.8 Å². The molecule has 26 heavy (non-hydrogen) atoms. The van der Waals surface area contributed by atoms with Crippen LogP contribution in [0.2, 0.25) is 0 Å². The molecule has 0 unspecified atom stereocenters. The summed E-state index contributed by atoms with van der Waals surface area (Å²) in [6, 6.07) is 3.96. The number of rotatable bonds is 5. The van der Waals surface area contributed by atoms with Crippen molar-refractivity contribution in [2.24, 2.45) is 5.92 Å². The lowest BCUT2D eigenvalue weighted by Gasteiger charge is -2.24. The molecule has 0 aromatic carbocycles. The highest BCUT2D eigenvalue weighted by molar-refractivity contribution is 5.79. The van der Waals surface area contributed by atoms with Crippen molar-refractivity contribution < 1.29 is 4.79 Å². The summed E-state index contributed by atoms with van der Waals surface area (Å²) in [4.78, 5) is 28.2. The minimum absolute atomic E-state index is 0.0256. The van der Waals surface area contributed by atoms with Crippen LogP contribution in [-0.2, 0) is 24.1 Å². The fourth-order valence-electron chi connectivity index (χ4n) is 3.81. The van der Waals surface area contributed by atoms with Gasteiger partial charge in [-0.1, -0.05) is 6.07 Å². The van der Waals surface area contributed by atoms with E-state index in [0.29, 0.717) is 6.54 Å². The van der Waals surface area contributed by atoms with Gasteiger partial charge in [-0.15, -0.1) is 0 Å². The van der Waals surface area contributed by atoms with Crippen LogP contribution in [0.25, 0.3) is 0 Å². The zero-order chi connectivity index (χ0) is 17.8. The van der Waals surface area contributed by atoms with Crippen LogP contribution in [0, 0.1) is 5.92 Å². The second-order valence-corrected chi connectivity index (χ2v) is 7.18. The molecule has 1 saturated heterocycles. The van der Waals surface area contributed by atoms with E-state index in [9.17, 15) is 4.79 Å². The summed E-state index contributed by atoms with van der Waals surface area (Å²) in [5.41, 5.74) is 3.40. The fraction of sp³-hybridized carbons (Fsp3) is 0.500. The van der Waals surface area contributed by atoms with Crippen molar-refractivity contribution in [3.8, 4) is 0 Å². The Morgan fingerprint density at radius 1 is 1.27 bits per heavy atom. The Hall–Kier alpha value is -2.50. The second-order valence-electron chi connectivity index (χ2n) is 7.18. The molecule has 2 aromatic rings. The first-order valence-corrected chi connectivity index (χ1v) is 9.56. The first-order valence-electron chi connectivity index (χ1n) is 9.56. The number of carbonyl (C=O) groups is 1. The van der Waals surface area contributed by atoms with E-state index in [-0.39, 0.29) is 11.8 Å². The van der Waals surface area contributed by atoms with Gasteiger partial charge in [-0.25, -0.2) is 9.97 Å². The van der Waals surface area contributed by atoms with Gasteiger partial charge in [0.25, 0.3) is 0 Å². The van der Waals surface area contributed by atoms with E-state index in [1.807, 2.05) is 24.5 Å². The first kappa shape index (κ1) is 16.9. The molecule has 6 nitrogen and oxygen atoms in total. The standard InChI is InChI=1S/C20H25N5O/c26-19(22-9-7-15-4-3-8-21-13-15)16-5-6-18-17(12-16)14-23-20(24-18)25-10-1-2-11-25/h3-4,8,13-14,16H,1-2,5-7,9-12H2,(H,22,26)/t16-/m0/s1. The lowest BCUT2D eigenvalue weighted by atomic mass is 9.86. The molecule has 0 spiro atoms. The highest BCUT2D eigenvalue weighted by Crippen LogP contribution is 2.26. The van der Waals surface area contributed by atoms with Gasteiger partial charge >= 0.3 is 0 Å². The van der Waals surface area contributed by atoms with Gasteiger partial charge in [-0.3, -0.25) is 9.78 Å². The van der Waals surface area contributed by atoms with E-state index in [1.165, 1.54) is 12.8 Å². The Morgan fingerprint density at radius 2 is 2.15 bits per heavy atom. The Morgan fingerprint density at radius 3 is 2.96 bits per heavy atom. The fourth-order valence-corrected chi connectivity index (χ4v) is 3.81. The molecular formula is C20H25N5O. The van der Waals surface area contributed by atoms with E-state index in [1.54, 1.807) is 6.20 Å². The number of anilines is 1. The van der Waals surface area contributed by atoms with Crippen molar-refractivity contribution in [1.82, 2.24) is 20.3 Å². The molecule has 4 rings (SSSR count). The summed E-state index contributed by atoms with van der Waals surface area (Å²) < 4.78 is 0. The van der Waals surface area contributed by atoms with Crippen molar-refractivity contribution in [3.63, 3.8) is 0 Å². The summed E-state index contributed by atoms with van der Waals surface area (Å²) in [6.07, 6.45) is 11.3. The van der Waals surface area contributed by atoms with E-state index in [4.69, 9.17) is 4.98 Å². The Labute approximate surface area is 154 Å². The van der Waals surface area contributed by atoms with Crippen LogP contribution < -0.4 is 10.2 Å². The topological polar surface area (TPSA) is 71.0 Å².